The quantitative estimate of drug-likeness (QED) is 0.637. The van der Waals surface area contributed by atoms with Crippen LogP contribution < -0.4 is 0 Å². The van der Waals surface area contributed by atoms with Gasteiger partial charge in [-0.2, -0.15) is 0 Å². The molecule has 0 aromatic heterocycles. The van der Waals surface area contributed by atoms with Gasteiger partial charge in [-0.05, 0) is 37.0 Å². The Morgan fingerprint density at radius 2 is 2.17 bits per heavy atom. The Kier molecular flexibility index (Phi) is 1.91. The molecule has 0 saturated heterocycles. The first-order valence-electron chi connectivity index (χ1n) is 4.67. The molecule has 2 fully saturated rings. The lowest BCUT2D eigenvalue weighted by molar-refractivity contribution is -0.131. The molecule has 2 heteroatoms. The van der Waals surface area contributed by atoms with Crippen LogP contribution in [-0.4, -0.2) is 11.1 Å². The molecule has 0 spiro atoms. The molecule has 2 nitrogen and oxygen atoms in total. The Balaban J connectivity index is 1.94. The van der Waals surface area contributed by atoms with E-state index >= 15 is 0 Å². The van der Waals surface area contributed by atoms with Crippen molar-refractivity contribution in [1.82, 2.24) is 0 Å². The summed E-state index contributed by atoms with van der Waals surface area (Å²) in [6, 6.07) is 0. The number of carbonyl (C=O) groups is 1. The summed E-state index contributed by atoms with van der Waals surface area (Å²) >= 11 is 0. The van der Waals surface area contributed by atoms with E-state index in [1.54, 1.807) is 0 Å². The average Bonchev–Trinajstić information content (AvgIpc) is 2.60. The fraction of sp³-hybridized carbons (Fsp3) is 0.700. The van der Waals surface area contributed by atoms with Gasteiger partial charge in [0.2, 0.25) is 0 Å². The Morgan fingerprint density at radius 3 is 2.67 bits per heavy atom. The molecule has 0 aromatic carbocycles. The normalized spacial score (nSPS) is 39.5. The molecule has 12 heavy (non-hydrogen) atoms. The van der Waals surface area contributed by atoms with Crippen LogP contribution in [0.25, 0.3) is 0 Å². The molecule has 0 heterocycles. The third-order valence-electron chi connectivity index (χ3n) is 3.28. The first kappa shape index (κ1) is 7.84. The van der Waals surface area contributed by atoms with Gasteiger partial charge in [-0.1, -0.05) is 12.5 Å². The molecular weight excluding hydrogens is 152 g/mol. The van der Waals surface area contributed by atoms with Crippen molar-refractivity contribution in [2.75, 3.05) is 0 Å². The van der Waals surface area contributed by atoms with Gasteiger partial charge in [0, 0.05) is 6.08 Å². The summed E-state index contributed by atoms with van der Waals surface area (Å²) in [5.74, 6) is 1.46. The highest BCUT2D eigenvalue weighted by Gasteiger charge is 2.37. The zero-order valence-corrected chi connectivity index (χ0v) is 7.07. The van der Waals surface area contributed by atoms with E-state index in [0.717, 1.165) is 11.8 Å². The molecule has 2 saturated carbocycles. The van der Waals surface area contributed by atoms with Crippen LogP contribution in [0, 0.1) is 17.8 Å². The van der Waals surface area contributed by atoms with Gasteiger partial charge in [-0.3, -0.25) is 0 Å². The summed E-state index contributed by atoms with van der Waals surface area (Å²) in [6.07, 6.45) is 8.47. The second kappa shape index (κ2) is 2.92. The minimum absolute atomic E-state index is 0.569. The molecule has 0 aromatic rings. The lowest BCUT2D eigenvalue weighted by atomic mass is 9.89. The summed E-state index contributed by atoms with van der Waals surface area (Å²) < 4.78 is 0. The van der Waals surface area contributed by atoms with Crippen LogP contribution in [-0.2, 0) is 4.79 Å². The standard InChI is InChI=1S/C10H14O2/c11-10(12)4-3-9-6-7-1-2-8(9)5-7/h3-4,7-9H,1-2,5-6H2,(H,11,12). The maximum absolute atomic E-state index is 10.3. The van der Waals surface area contributed by atoms with Crippen molar-refractivity contribution >= 4 is 5.97 Å². The summed E-state index contributed by atoms with van der Waals surface area (Å²) in [5.41, 5.74) is 0. The number of aliphatic carboxylic acids is 1. The predicted octanol–water partition coefficient (Wildman–Crippen LogP) is 2.06. The number of carboxylic acid groups (broad SMARTS) is 1. The van der Waals surface area contributed by atoms with Crippen molar-refractivity contribution in [2.45, 2.75) is 25.7 Å². The van der Waals surface area contributed by atoms with Crippen LogP contribution in [0.15, 0.2) is 12.2 Å². The van der Waals surface area contributed by atoms with E-state index < -0.39 is 5.97 Å². The summed E-state index contributed by atoms with van der Waals surface area (Å²) in [6.45, 7) is 0. The van der Waals surface area contributed by atoms with Crippen molar-refractivity contribution in [3.63, 3.8) is 0 Å². The van der Waals surface area contributed by atoms with Gasteiger partial charge < -0.3 is 5.11 Å². The van der Waals surface area contributed by atoms with Crippen molar-refractivity contribution in [1.29, 1.82) is 0 Å². The molecule has 3 atom stereocenters. The minimum Gasteiger partial charge on any atom is -0.478 e. The summed E-state index contributed by atoms with van der Waals surface area (Å²) in [4.78, 5) is 10.3. The van der Waals surface area contributed by atoms with E-state index in [-0.39, 0.29) is 0 Å². The van der Waals surface area contributed by atoms with Crippen LogP contribution >= 0.6 is 0 Å². The lowest BCUT2D eigenvalue weighted by Gasteiger charge is -2.17. The first-order chi connectivity index (χ1) is 5.75. The minimum atomic E-state index is -0.808. The SMILES string of the molecule is O=C(O)C=CC1CC2CCC1C2. The number of hydrogen-bond acceptors (Lipinski definition) is 1. The van der Waals surface area contributed by atoms with Crippen molar-refractivity contribution in [3.05, 3.63) is 12.2 Å². The zero-order valence-electron chi connectivity index (χ0n) is 7.07. The Labute approximate surface area is 72.3 Å². The van der Waals surface area contributed by atoms with Crippen LogP contribution in [0.5, 0.6) is 0 Å². The smallest absolute Gasteiger partial charge is 0.327 e. The third-order valence-corrected chi connectivity index (χ3v) is 3.28. The Hall–Kier alpha value is -0.790. The van der Waals surface area contributed by atoms with Gasteiger partial charge in [0.05, 0.1) is 0 Å². The topological polar surface area (TPSA) is 37.3 Å². The van der Waals surface area contributed by atoms with Crippen LogP contribution in [0.4, 0.5) is 0 Å². The van der Waals surface area contributed by atoms with Crippen LogP contribution in [0.2, 0.25) is 0 Å². The number of carboxylic acids is 1. The van der Waals surface area contributed by atoms with Crippen molar-refractivity contribution in [3.8, 4) is 0 Å². The molecule has 0 aliphatic heterocycles. The summed E-state index contributed by atoms with van der Waals surface area (Å²) in [5, 5.41) is 8.46. The number of fused-ring (bicyclic) bond motifs is 2. The zero-order chi connectivity index (χ0) is 8.55. The predicted molar refractivity (Wildman–Crippen MR) is 45.7 cm³/mol. The lowest BCUT2D eigenvalue weighted by Crippen LogP contribution is -2.07. The van der Waals surface area contributed by atoms with E-state index in [1.807, 2.05) is 6.08 Å². The van der Waals surface area contributed by atoms with Gasteiger partial charge >= 0.3 is 5.97 Å². The molecule has 2 aliphatic rings. The average molecular weight is 166 g/mol. The highest BCUT2D eigenvalue weighted by molar-refractivity contribution is 5.79. The van der Waals surface area contributed by atoms with Gasteiger partial charge in [-0.25, -0.2) is 4.79 Å². The second-order valence-electron chi connectivity index (χ2n) is 4.04. The van der Waals surface area contributed by atoms with E-state index in [1.165, 1.54) is 31.8 Å². The number of hydrogen-bond donors (Lipinski definition) is 1. The molecule has 2 bridgehead atoms. The van der Waals surface area contributed by atoms with E-state index in [2.05, 4.69) is 0 Å². The fourth-order valence-corrected chi connectivity index (χ4v) is 2.74. The van der Waals surface area contributed by atoms with E-state index in [0.29, 0.717) is 5.92 Å². The molecule has 66 valence electrons. The maximum Gasteiger partial charge on any atom is 0.327 e. The monoisotopic (exact) mass is 166 g/mol. The Bertz CT molecular complexity index is 220. The van der Waals surface area contributed by atoms with Crippen LogP contribution in [0.1, 0.15) is 25.7 Å². The molecule has 0 radical (unpaired) electrons. The maximum atomic E-state index is 10.3. The first-order valence-corrected chi connectivity index (χ1v) is 4.67. The molecule has 0 amide bonds. The van der Waals surface area contributed by atoms with E-state index in [9.17, 15) is 4.79 Å². The molecule has 3 unspecified atom stereocenters. The highest BCUT2D eigenvalue weighted by atomic mass is 16.4. The van der Waals surface area contributed by atoms with Crippen molar-refractivity contribution < 1.29 is 9.90 Å². The van der Waals surface area contributed by atoms with Gasteiger partial charge in [0.1, 0.15) is 0 Å². The number of allylic oxidation sites excluding steroid dienone is 1. The number of rotatable bonds is 2. The fourth-order valence-electron chi connectivity index (χ4n) is 2.74. The Morgan fingerprint density at radius 1 is 1.33 bits per heavy atom. The third kappa shape index (κ3) is 1.38. The van der Waals surface area contributed by atoms with Crippen molar-refractivity contribution in [2.24, 2.45) is 17.8 Å². The molecule has 2 aliphatic carbocycles. The van der Waals surface area contributed by atoms with Crippen LogP contribution in [0.3, 0.4) is 0 Å². The van der Waals surface area contributed by atoms with Gasteiger partial charge in [-0.15, -0.1) is 0 Å². The molecular formula is C10H14O2. The highest BCUT2D eigenvalue weighted by Crippen LogP contribution is 2.48. The van der Waals surface area contributed by atoms with E-state index in [4.69, 9.17) is 5.11 Å². The second-order valence-corrected chi connectivity index (χ2v) is 4.04. The largest absolute Gasteiger partial charge is 0.478 e. The van der Waals surface area contributed by atoms with Gasteiger partial charge in [0.25, 0.3) is 0 Å². The van der Waals surface area contributed by atoms with Gasteiger partial charge in [0.15, 0.2) is 0 Å². The molecule has 1 N–H and O–H groups in total. The summed E-state index contributed by atoms with van der Waals surface area (Å²) in [7, 11) is 0. The molecule has 2 rings (SSSR count).